The van der Waals surface area contributed by atoms with Crippen LogP contribution in [-0.2, 0) is 24.6 Å². The van der Waals surface area contributed by atoms with Crippen LogP contribution in [0.5, 0.6) is 23.0 Å². The van der Waals surface area contributed by atoms with Crippen LogP contribution in [0.4, 0.5) is 11.4 Å². The van der Waals surface area contributed by atoms with E-state index >= 15 is 0 Å². The topological polar surface area (TPSA) is 93.2 Å². The maximum atomic E-state index is 12.1. The number of anilines is 2. The van der Waals surface area contributed by atoms with Crippen LogP contribution in [0, 0.1) is 27.7 Å². The van der Waals surface area contributed by atoms with Crippen LogP contribution in [0.1, 0.15) is 45.9 Å². The third-order valence-corrected chi connectivity index (χ3v) is 9.67. The van der Waals surface area contributed by atoms with Gasteiger partial charge in [0.25, 0.3) is 23.6 Å². The van der Waals surface area contributed by atoms with E-state index in [2.05, 4.69) is 43.3 Å². The summed E-state index contributed by atoms with van der Waals surface area (Å²) in [5.41, 5.74) is 7.58. The van der Waals surface area contributed by atoms with Gasteiger partial charge in [-0.3, -0.25) is 19.2 Å². The second-order valence-corrected chi connectivity index (χ2v) is 13.3. The average molecular weight is 689 g/mol. The number of amides is 4. The second-order valence-electron chi connectivity index (χ2n) is 13.3. The Labute approximate surface area is 302 Å². The summed E-state index contributed by atoms with van der Waals surface area (Å²) in [5.74, 6) is 1.19. The van der Waals surface area contributed by atoms with Crippen molar-refractivity contribution < 1.29 is 28.7 Å². The molecule has 8 heteroatoms. The molecule has 5 aromatic carbocycles. The molecule has 0 spiro atoms. The van der Waals surface area contributed by atoms with Crippen molar-refractivity contribution >= 4 is 35.0 Å². The molecule has 0 N–H and O–H groups in total. The van der Waals surface area contributed by atoms with Gasteiger partial charge in [0, 0.05) is 29.7 Å². The molecule has 0 bridgehead atoms. The molecule has 2 heterocycles. The molecule has 4 amide bonds. The van der Waals surface area contributed by atoms with E-state index in [1.54, 1.807) is 48.5 Å². The summed E-state index contributed by atoms with van der Waals surface area (Å²) < 4.78 is 12.8. The molecule has 52 heavy (non-hydrogen) atoms. The summed E-state index contributed by atoms with van der Waals surface area (Å²) in [6.07, 6.45) is 5.05. The van der Waals surface area contributed by atoms with Crippen molar-refractivity contribution in [3.05, 3.63) is 166 Å². The minimum absolute atomic E-state index is 0.366. The smallest absolute Gasteiger partial charge is 0.258 e. The van der Waals surface area contributed by atoms with Crippen molar-refractivity contribution in [3.8, 4) is 23.0 Å². The number of benzene rings is 5. The van der Waals surface area contributed by atoms with E-state index in [0.29, 0.717) is 22.9 Å². The highest BCUT2D eigenvalue weighted by molar-refractivity contribution is 6.28. The summed E-state index contributed by atoms with van der Waals surface area (Å²) in [6, 6.07) is 32.9. The van der Waals surface area contributed by atoms with E-state index in [0.717, 1.165) is 60.2 Å². The van der Waals surface area contributed by atoms with Crippen molar-refractivity contribution in [3.63, 3.8) is 0 Å². The van der Waals surface area contributed by atoms with Crippen LogP contribution in [0.2, 0.25) is 0 Å². The molecule has 2 aliphatic heterocycles. The van der Waals surface area contributed by atoms with Gasteiger partial charge >= 0.3 is 0 Å². The number of nitrogens with zero attached hydrogens (tertiary/aromatic N) is 2. The highest BCUT2D eigenvalue weighted by Crippen LogP contribution is 2.44. The van der Waals surface area contributed by atoms with Crippen molar-refractivity contribution in [1.29, 1.82) is 0 Å². The first-order chi connectivity index (χ1) is 24.9. The molecule has 258 valence electrons. The first-order valence-electron chi connectivity index (χ1n) is 16.9. The number of rotatable bonds is 9. The number of hydrogen-bond donors (Lipinski definition) is 0. The van der Waals surface area contributed by atoms with Gasteiger partial charge in [-0.1, -0.05) is 54.6 Å². The summed E-state index contributed by atoms with van der Waals surface area (Å²) in [7, 11) is 0. The maximum Gasteiger partial charge on any atom is 0.258 e. The van der Waals surface area contributed by atoms with Crippen LogP contribution in [0.25, 0.3) is 0 Å². The largest absolute Gasteiger partial charge is 0.457 e. The Morgan fingerprint density at radius 1 is 0.442 bits per heavy atom. The number of carbonyl (C=O) groups is 4. The van der Waals surface area contributed by atoms with E-state index in [9.17, 15) is 19.2 Å². The predicted octanol–water partition coefficient (Wildman–Crippen LogP) is 8.72. The minimum atomic E-state index is -0.543. The zero-order valence-corrected chi connectivity index (χ0v) is 29.5. The fourth-order valence-electron chi connectivity index (χ4n) is 6.94. The molecule has 0 unspecified atom stereocenters. The van der Waals surface area contributed by atoms with E-state index in [1.807, 2.05) is 45.9 Å². The summed E-state index contributed by atoms with van der Waals surface area (Å²) in [4.78, 5) is 50.7. The van der Waals surface area contributed by atoms with Gasteiger partial charge < -0.3 is 9.47 Å². The number of aryl methyl sites for hydroxylation is 4. The molecular weight excluding hydrogens is 652 g/mol. The fraction of sp³-hybridized carbons (Fsp3) is 0.136. The predicted molar refractivity (Wildman–Crippen MR) is 200 cm³/mol. The summed E-state index contributed by atoms with van der Waals surface area (Å²) in [5, 5.41) is 0. The third-order valence-electron chi connectivity index (χ3n) is 9.67. The Hall–Kier alpha value is -6.54. The van der Waals surface area contributed by atoms with Gasteiger partial charge in [0.2, 0.25) is 0 Å². The van der Waals surface area contributed by atoms with Gasteiger partial charge in [-0.2, -0.15) is 0 Å². The van der Waals surface area contributed by atoms with Gasteiger partial charge in [-0.15, -0.1) is 0 Å². The summed E-state index contributed by atoms with van der Waals surface area (Å²) in [6.45, 7) is 10.4. The Bertz CT molecular complexity index is 2100. The van der Waals surface area contributed by atoms with Crippen molar-refractivity contribution in [2.45, 2.75) is 40.0 Å². The third kappa shape index (κ3) is 6.09. The number of imide groups is 2. The van der Waals surface area contributed by atoms with Gasteiger partial charge in [-0.25, -0.2) is 9.80 Å². The van der Waals surface area contributed by atoms with E-state index < -0.39 is 5.41 Å². The van der Waals surface area contributed by atoms with Crippen molar-refractivity contribution in [2.24, 2.45) is 0 Å². The minimum Gasteiger partial charge on any atom is -0.457 e. The van der Waals surface area contributed by atoms with Crippen molar-refractivity contribution in [1.82, 2.24) is 0 Å². The first kappa shape index (κ1) is 33.9. The van der Waals surface area contributed by atoms with Crippen molar-refractivity contribution in [2.75, 3.05) is 9.80 Å². The number of ether oxygens (including phenoxy) is 2. The molecule has 0 saturated carbocycles. The average Bonchev–Trinajstić information content (AvgIpc) is 3.66. The van der Waals surface area contributed by atoms with Crippen LogP contribution in [-0.4, -0.2) is 23.6 Å². The van der Waals surface area contributed by atoms with Gasteiger partial charge in [0.15, 0.2) is 0 Å². The molecule has 0 radical (unpaired) electrons. The molecular formula is C44H36N2O6. The van der Waals surface area contributed by atoms with E-state index in [4.69, 9.17) is 9.47 Å². The molecule has 0 aromatic heterocycles. The molecule has 7 rings (SSSR count). The zero-order chi connectivity index (χ0) is 36.7. The van der Waals surface area contributed by atoms with E-state index in [-0.39, 0.29) is 23.6 Å². The van der Waals surface area contributed by atoms with Crippen LogP contribution in [0.15, 0.2) is 127 Å². The Morgan fingerprint density at radius 3 is 1.10 bits per heavy atom. The fourth-order valence-corrected chi connectivity index (χ4v) is 6.94. The zero-order valence-electron chi connectivity index (χ0n) is 29.5. The van der Waals surface area contributed by atoms with E-state index in [1.165, 1.54) is 24.3 Å². The lowest BCUT2D eigenvalue weighted by atomic mass is 9.70. The van der Waals surface area contributed by atoms with Crippen LogP contribution < -0.4 is 19.3 Å². The lowest BCUT2D eigenvalue weighted by Gasteiger charge is -2.34. The lowest BCUT2D eigenvalue weighted by molar-refractivity contribution is -0.121. The second kappa shape index (κ2) is 13.3. The van der Waals surface area contributed by atoms with Gasteiger partial charge in [-0.05, 0) is 122 Å². The highest BCUT2D eigenvalue weighted by Gasteiger charge is 2.33. The van der Waals surface area contributed by atoms with Crippen LogP contribution >= 0.6 is 0 Å². The highest BCUT2D eigenvalue weighted by atomic mass is 16.5. The van der Waals surface area contributed by atoms with Gasteiger partial charge in [0.05, 0.1) is 11.4 Å². The quantitative estimate of drug-likeness (QED) is 0.114. The maximum absolute atomic E-state index is 12.1. The SMILES string of the molecule is Cc1cc(C(C)(c2ccccc2)c2cc(C)c(Oc3ccc(N4C(=O)C=CC4=O)cc3)c(C)c2)cc(C)c1Oc1ccc(N2C(=O)C=CC2=O)cc1. The number of hydrogen-bond acceptors (Lipinski definition) is 6. The summed E-state index contributed by atoms with van der Waals surface area (Å²) >= 11 is 0. The lowest BCUT2D eigenvalue weighted by Crippen LogP contribution is -2.29. The van der Waals surface area contributed by atoms with Crippen LogP contribution in [0.3, 0.4) is 0 Å². The Balaban J connectivity index is 1.19. The molecule has 0 aliphatic carbocycles. The molecule has 0 saturated heterocycles. The normalized spacial score (nSPS) is 14.2. The molecule has 0 atom stereocenters. The molecule has 2 aliphatic rings. The first-order valence-corrected chi connectivity index (χ1v) is 16.9. The Morgan fingerprint density at radius 2 is 0.769 bits per heavy atom. The molecule has 0 fully saturated rings. The number of carbonyl (C=O) groups excluding carboxylic acids is 4. The molecule has 8 nitrogen and oxygen atoms in total. The standard InChI is InChI=1S/C44H36N2O6/c1-27-23-32(24-28(2)42(27)51-36-15-11-34(12-16-36)45-38(47)19-20-39(45)48)44(5,31-9-7-6-8-10-31)33-25-29(3)43(30(4)26-33)52-37-17-13-35(14-18-37)46-40(49)21-22-41(46)50/h6-26H,1-5H3. The molecule has 5 aromatic rings. The Kier molecular flexibility index (Phi) is 8.68. The monoisotopic (exact) mass is 688 g/mol. The van der Waals surface area contributed by atoms with Gasteiger partial charge in [0.1, 0.15) is 23.0 Å².